The van der Waals surface area contributed by atoms with Crippen LogP contribution in [-0.2, 0) is 4.74 Å². The van der Waals surface area contributed by atoms with Crippen molar-refractivity contribution in [2.24, 2.45) is 0 Å². The van der Waals surface area contributed by atoms with Crippen LogP contribution in [0.4, 0.5) is 11.8 Å². The lowest BCUT2D eigenvalue weighted by Crippen LogP contribution is -2.19. The SMILES string of the molecule is Nc1c2c(-c3cccc(Cl)c3)nc(NC[C@@H]3CCCO3)nc2nn1-c1ccc(Cl)cc1. The van der Waals surface area contributed by atoms with Gasteiger partial charge in [-0.3, -0.25) is 0 Å². The number of ether oxygens (including phenoxy) is 1. The molecule has 0 unspecified atom stereocenters. The second kappa shape index (κ2) is 8.34. The van der Waals surface area contributed by atoms with Gasteiger partial charge in [-0.2, -0.15) is 4.98 Å². The second-order valence-corrected chi connectivity index (χ2v) is 8.27. The molecule has 4 aromatic rings. The van der Waals surface area contributed by atoms with E-state index in [0.29, 0.717) is 45.1 Å². The largest absolute Gasteiger partial charge is 0.383 e. The van der Waals surface area contributed by atoms with E-state index >= 15 is 0 Å². The molecule has 0 radical (unpaired) electrons. The fraction of sp³-hybridized carbons (Fsp3) is 0.227. The van der Waals surface area contributed by atoms with E-state index in [1.54, 1.807) is 16.8 Å². The summed E-state index contributed by atoms with van der Waals surface area (Å²) >= 11 is 12.3. The van der Waals surface area contributed by atoms with Crippen molar-refractivity contribution >= 4 is 46.0 Å². The molecule has 0 spiro atoms. The normalized spacial score (nSPS) is 16.1. The van der Waals surface area contributed by atoms with Crippen LogP contribution < -0.4 is 11.1 Å². The Balaban J connectivity index is 1.63. The van der Waals surface area contributed by atoms with Gasteiger partial charge in [0.15, 0.2) is 5.65 Å². The van der Waals surface area contributed by atoms with Gasteiger partial charge in [0, 0.05) is 28.8 Å². The molecule has 1 fully saturated rings. The first-order chi connectivity index (χ1) is 15.1. The molecule has 1 aliphatic heterocycles. The van der Waals surface area contributed by atoms with E-state index in [0.717, 1.165) is 30.7 Å². The summed E-state index contributed by atoms with van der Waals surface area (Å²) in [6.45, 7) is 1.43. The van der Waals surface area contributed by atoms with Gasteiger partial charge in [0.2, 0.25) is 5.95 Å². The van der Waals surface area contributed by atoms with Gasteiger partial charge in [-0.05, 0) is 49.2 Å². The first kappa shape index (κ1) is 20.1. The fourth-order valence-corrected chi connectivity index (χ4v) is 4.04. The van der Waals surface area contributed by atoms with Gasteiger partial charge >= 0.3 is 0 Å². The minimum Gasteiger partial charge on any atom is -0.383 e. The van der Waals surface area contributed by atoms with Gasteiger partial charge in [-0.25, -0.2) is 9.67 Å². The molecular weight excluding hydrogens is 435 g/mol. The number of hydrogen-bond acceptors (Lipinski definition) is 6. The summed E-state index contributed by atoms with van der Waals surface area (Å²) in [6.07, 6.45) is 2.25. The highest BCUT2D eigenvalue weighted by Crippen LogP contribution is 2.34. The molecule has 1 saturated heterocycles. The van der Waals surface area contributed by atoms with Gasteiger partial charge in [-0.1, -0.05) is 35.3 Å². The van der Waals surface area contributed by atoms with E-state index in [2.05, 4.69) is 15.4 Å². The molecule has 1 aliphatic rings. The van der Waals surface area contributed by atoms with Crippen LogP contribution in [0.15, 0.2) is 48.5 Å². The van der Waals surface area contributed by atoms with Crippen molar-refractivity contribution in [1.82, 2.24) is 19.7 Å². The number of rotatable bonds is 5. The van der Waals surface area contributed by atoms with Crippen LogP contribution in [0.5, 0.6) is 0 Å². The predicted molar refractivity (Wildman–Crippen MR) is 124 cm³/mol. The van der Waals surface area contributed by atoms with Crippen molar-refractivity contribution in [3.63, 3.8) is 0 Å². The van der Waals surface area contributed by atoms with E-state index in [1.807, 2.05) is 36.4 Å². The standard InChI is InChI=1S/C22H20Cl2N6O/c23-14-6-8-16(9-7-14)30-20(25)18-19(13-3-1-4-15(24)11-13)27-22(28-21(18)29-30)26-12-17-5-2-10-31-17/h1,3-4,6-9,11,17H,2,5,10,12,25H2,(H,26,28,29)/t17-/m0/s1. The zero-order chi connectivity index (χ0) is 21.4. The van der Waals surface area contributed by atoms with E-state index in [4.69, 9.17) is 38.7 Å². The van der Waals surface area contributed by atoms with Crippen molar-refractivity contribution in [3.8, 4) is 16.9 Å². The number of nitrogens with two attached hydrogens (primary N) is 1. The fourth-order valence-electron chi connectivity index (χ4n) is 3.72. The number of anilines is 2. The molecule has 0 bridgehead atoms. The molecule has 0 aliphatic carbocycles. The van der Waals surface area contributed by atoms with Crippen LogP contribution in [-0.4, -0.2) is 39.0 Å². The minimum atomic E-state index is 0.158. The molecule has 31 heavy (non-hydrogen) atoms. The lowest BCUT2D eigenvalue weighted by molar-refractivity contribution is 0.120. The van der Waals surface area contributed by atoms with Gasteiger partial charge in [0.1, 0.15) is 5.82 Å². The highest BCUT2D eigenvalue weighted by atomic mass is 35.5. The maximum atomic E-state index is 6.52. The van der Waals surface area contributed by atoms with Crippen molar-refractivity contribution in [2.45, 2.75) is 18.9 Å². The summed E-state index contributed by atoms with van der Waals surface area (Å²) in [5, 5.41) is 9.86. The van der Waals surface area contributed by atoms with E-state index in [9.17, 15) is 0 Å². The Bertz CT molecular complexity index is 1230. The average Bonchev–Trinajstić information content (AvgIpc) is 3.40. The molecule has 5 rings (SSSR count). The third-order valence-corrected chi connectivity index (χ3v) is 5.74. The Hall–Kier alpha value is -2.87. The van der Waals surface area contributed by atoms with Crippen molar-refractivity contribution < 1.29 is 4.74 Å². The van der Waals surface area contributed by atoms with Crippen LogP contribution in [0.2, 0.25) is 10.0 Å². The Labute approximate surface area is 189 Å². The van der Waals surface area contributed by atoms with Gasteiger partial charge in [-0.15, -0.1) is 5.10 Å². The highest BCUT2D eigenvalue weighted by molar-refractivity contribution is 6.31. The summed E-state index contributed by atoms with van der Waals surface area (Å²) < 4.78 is 7.34. The zero-order valence-corrected chi connectivity index (χ0v) is 18.1. The topological polar surface area (TPSA) is 90.9 Å². The second-order valence-electron chi connectivity index (χ2n) is 7.39. The molecule has 2 aromatic carbocycles. The van der Waals surface area contributed by atoms with E-state index < -0.39 is 0 Å². The number of halogens is 2. The molecule has 1 atom stereocenters. The monoisotopic (exact) mass is 454 g/mol. The molecule has 7 nitrogen and oxygen atoms in total. The molecule has 0 amide bonds. The number of fused-ring (bicyclic) bond motifs is 1. The van der Waals surface area contributed by atoms with E-state index in [-0.39, 0.29) is 6.10 Å². The van der Waals surface area contributed by atoms with Crippen LogP contribution in [0.25, 0.3) is 28.0 Å². The summed E-state index contributed by atoms with van der Waals surface area (Å²) in [4.78, 5) is 9.38. The van der Waals surface area contributed by atoms with E-state index in [1.165, 1.54) is 0 Å². The van der Waals surface area contributed by atoms with Gasteiger partial charge in [0.25, 0.3) is 0 Å². The summed E-state index contributed by atoms with van der Waals surface area (Å²) in [7, 11) is 0. The maximum absolute atomic E-state index is 6.52. The molecular formula is C22H20Cl2N6O. The lowest BCUT2D eigenvalue weighted by atomic mass is 10.1. The van der Waals surface area contributed by atoms with Crippen LogP contribution in [0, 0.1) is 0 Å². The van der Waals surface area contributed by atoms with Gasteiger partial charge in [0.05, 0.1) is 22.9 Å². The number of nitrogens with one attached hydrogen (secondary N) is 1. The quantitative estimate of drug-likeness (QED) is 0.442. The predicted octanol–water partition coefficient (Wildman–Crippen LogP) is 4.96. The maximum Gasteiger partial charge on any atom is 0.225 e. The first-order valence-corrected chi connectivity index (χ1v) is 10.8. The Morgan fingerprint density at radius 3 is 2.68 bits per heavy atom. The zero-order valence-electron chi connectivity index (χ0n) is 16.6. The van der Waals surface area contributed by atoms with Crippen molar-refractivity contribution in [3.05, 3.63) is 58.6 Å². The number of hydrogen-bond donors (Lipinski definition) is 2. The van der Waals surface area contributed by atoms with Crippen LogP contribution in [0.3, 0.4) is 0 Å². The summed E-state index contributed by atoms with van der Waals surface area (Å²) in [5.41, 5.74) is 9.30. The molecule has 3 N–H and O–H groups in total. The van der Waals surface area contributed by atoms with Crippen molar-refractivity contribution in [1.29, 1.82) is 0 Å². The highest BCUT2D eigenvalue weighted by Gasteiger charge is 2.21. The number of benzene rings is 2. The number of aromatic nitrogens is 4. The molecule has 9 heteroatoms. The third kappa shape index (κ3) is 4.04. The van der Waals surface area contributed by atoms with Crippen molar-refractivity contribution in [2.75, 3.05) is 24.2 Å². The Kier molecular flexibility index (Phi) is 5.40. The summed E-state index contributed by atoms with van der Waals surface area (Å²) in [5.74, 6) is 0.914. The Morgan fingerprint density at radius 2 is 1.94 bits per heavy atom. The number of nitrogen functional groups attached to an aromatic ring is 1. The third-order valence-electron chi connectivity index (χ3n) is 5.25. The molecule has 0 saturated carbocycles. The smallest absolute Gasteiger partial charge is 0.225 e. The molecule has 2 aromatic heterocycles. The van der Waals surface area contributed by atoms with Gasteiger partial charge < -0.3 is 15.8 Å². The lowest BCUT2D eigenvalue weighted by Gasteiger charge is -2.12. The minimum absolute atomic E-state index is 0.158. The summed E-state index contributed by atoms with van der Waals surface area (Å²) in [6, 6.07) is 14.8. The number of nitrogens with zero attached hydrogens (tertiary/aromatic N) is 4. The van der Waals surface area contributed by atoms with Crippen LogP contribution in [0.1, 0.15) is 12.8 Å². The molecule has 3 heterocycles. The van der Waals surface area contributed by atoms with Crippen LogP contribution >= 0.6 is 23.2 Å². The Morgan fingerprint density at radius 1 is 1.10 bits per heavy atom. The average molecular weight is 455 g/mol. The molecule has 158 valence electrons. The first-order valence-electron chi connectivity index (χ1n) is 10.0.